The number of hydrogen-bond acceptors (Lipinski definition) is 4. The van der Waals surface area contributed by atoms with Gasteiger partial charge in [0.15, 0.2) is 0 Å². The van der Waals surface area contributed by atoms with E-state index in [1.165, 1.54) is 18.6 Å². The summed E-state index contributed by atoms with van der Waals surface area (Å²) < 4.78 is 0. The number of anilines is 1. The summed E-state index contributed by atoms with van der Waals surface area (Å²) in [6.07, 6.45) is 4.48. The highest BCUT2D eigenvalue weighted by Gasteiger charge is 2.12. The Kier molecular flexibility index (Phi) is 3.39. The number of nitrogens with one attached hydrogen (secondary N) is 1. The summed E-state index contributed by atoms with van der Waals surface area (Å²) in [5, 5.41) is 6.01. The zero-order valence-electron chi connectivity index (χ0n) is 13.0. The summed E-state index contributed by atoms with van der Waals surface area (Å²) in [6.45, 7) is 1.92. The van der Waals surface area contributed by atoms with E-state index in [-0.39, 0.29) is 11.6 Å². The number of fused-ring (bicyclic) bond motifs is 3. The van der Waals surface area contributed by atoms with Gasteiger partial charge >= 0.3 is 0 Å². The Bertz CT molecular complexity index is 1060. The third kappa shape index (κ3) is 2.46. The molecule has 0 fully saturated rings. The average molecular weight is 314 g/mol. The second kappa shape index (κ2) is 5.70. The van der Waals surface area contributed by atoms with Gasteiger partial charge in [-0.2, -0.15) is 0 Å². The lowest BCUT2D eigenvalue weighted by atomic mass is 10.0. The van der Waals surface area contributed by atoms with E-state index in [1.807, 2.05) is 43.3 Å². The van der Waals surface area contributed by atoms with Gasteiger partial charge in [0, 0.05) is 28.9 Å². The molecule has 0 unspecified atom stereocenters. The van der Waals surface area contributed by atoms with Crippen molar-refractivity contribution in [3.63, 3.8) is 0 Å². The maximum atomic E-state index is 12.4. The molecule has 0 saturated carbocycles. The van der Waals surface area contributed by atoms with Crippen molar-refractivity contribution in [2.75, 3.05) is 5.32 Å². The number of rotatable bonds is 2. The quantitative estimate of drug-likeness (QED) is 0.572. The minimum Gasteiger partial charge on any atom is -0.320 e. The molecule has 2 aromatic carbocycles. The number of pyridine rings is 1. The molecule has 0 bridgehead atoms. The molecule has 1 amide bonds. The minimum absolute atomic E-state index is 0.279. The van der Waals surface area contributed by atoms with E-state index in [9.17, 15) is 4.79 Å². The summed E-state index contributed by atoms with van der Waals surface area (Å²) in [4.78, 5) is 25.0. The lowest BCUT2D eigenvalue weighted by Crippen LogP contribution is -2.14. The lowest BCUT2D eigenvalue weighted by Gasteiger charge is -2.11. The van der Waals surface area contributed by atoms with Crippen molar-refractivity contribution in [3.05, 3.63) is 72.4 Å². The van der Waals surface area contributed by atoms with Crippen molar-refractivity contribution in [2.24, 2.45) is 0 Å². The van der Waals surface area contributed by atoms with E-state index in [4.69, 9.17) is 0 Å². The summed E-state index contributed by atoms with van der Waals surface area (Å²) in [5.74, 6) is -0.289. The Morgan fingerprint density at radius 3 is 2.75 bits per heavy atom. The first-order chi connectivity index (χ1) is 11.7. The molecule has 5 heteroatoms. The van der Waals surface area contributed by atoms with Crippen LogP contribution in [0.3, 0.4) is 0 Å². The van der Waals surface area contributed by atoms with E-state index < -0.39 is 0 Å². The fraction of sp³-hybridized carbons (Fsp3) is 0.0526. The van der Waals surface area contributed by atoms with Crippen LogP contribution in [0.25, 0.3) is 21.7 Å². The molecule has 1 N–H and O–H groups in total. The maximum Gasteiger partial charge on any atom is 0.275 e. The Balaban J connectivity index is 1.86. The van der Waals surface area contributed by atoms with Crippen LogP contribution in [0.4, 0.5) is 5.69 Å². The van der Waals surface area contributed by atoms with Crippen molar-refractivity contribution in [1.29, 1.82) is 0 Å². The van der Waals surface area contributed by atoms with Crippen LogP contribution in [0.1, 0.15) is 16.2 Å². The number of aromatic nitrogens is 3. The number of hydrogen-bond donors (Lipinski definition) is 1. The molecule has 4 rings (SSSR count). The number of nitrogens with zero attached hydrogens (tertiary/aromatic N) is 3. The average Bonchev–Trinajstić information content (AvgIpc) is 2.62. The number of carbonyl (C=O) groups is 1. The molecule has 0 aliphatic rings. The highest BCUT2D eigenvalue weighted by Crippen LogP contribution is 2.29. The molecule has 2 heterocycles. The van der Waals surface area contributed by atoms with Gasteiger partial charge in [0.25, 0.3) is 5.91 Å². The van der Waals surface area contributed by atoms with E-state index in [1.54, 1.807) is 0 Å². The zero-order chi connectivity index (χ0) is 16.5. The first kappa shape index (κ1) is 14.3. The highest BCUT2D eigenvalue weighted by atomic mass is 16.1. The number of aryl methyl sites for hydroxylation is 1. The molecule has 0 aliphatic heterocycles. The fourth-order valence-corrected chi connectivity index (χ4v) is 2.79. The smallest absolute Gasteiger partial charge is 0.275 e. The van der Waals surface area contributed by atoms with Gasteiger partial charge in [0.1, 0.15) is 5.69 Å². The number of benzene rings is 2. The highest BCUT2D eigenvalue weighted by molar-refractivity contribution is 6.13. The first-order valence-electron chi connectivity index (χ1n) is 7.59. The summed E-state index contributed by atoms with van der Waals surface area (Å²) in [6, 6.07) is 14.0. The molecule has 0 atom stereocenters. The predicted molar refractivity (Wildman–Crippen MR) is 94.0 cm³/mol. The van der Waals surface area contributed by atoms with Gasteiger partial charge in [0.05, 0.1) is 17.4 Å². The summed E-state index contributed by atoms with van der Waals surface area (Å²) in [5.41, 5.74) is 2.72. The van der Waals surface area contributed by atoms with E-state index in [0.717, 1.165) is 33.1 Å². The van der Waals surface area contributed by atoms with Crippen LogP contribution < -0.4 is 5.32 Å². The Labute approximate surface area is 138 Å². The monoisotopic (exact) mass is 314 g/mol. The molecular weight excluding hydrogens is 300 g/mol. The van der Waals surface area contributed by atoms with Crippen LogP contribution in [-0.4, -0.2) is 20.9 Å². The third-order valence-corrected chi connectivity index (χ3v) is 3.88. The molecule has 4 aromatic rings. The molecule has 0 spiro atoms. The first-order valence-corrected chi connectivity index (χ1v) is 7.59. The molecule has 0 aliphatic carbocycles. The second-order valence-corrected chi connectivity index (χ2v) is 5.54. The van der Waals surface area contributed by atoms with Gasteiger partial charge in [-0.25, -0.2) is 4.98 Å². The van der Waals surface area contributed by atoms with Crippen LogP contribution in [-0.2, 0) is 0 Å². The van der Waals surface area contributed by atoms with E-state index in [0.29, 0.717) is 0 Å². The second-order valence-electron chi connectivity index (χ2n) is 5.54. The SMILES string of the molecule is Cc1cc(NC(=O)c2cnccn2)c2ccc3ccccc3c2n1. The number of amides is 1. The van der Waals surface area contributed by atoms with Gasteiger partial charge in [-0.05, 0) is 18.4 Å². The van der Waals surface area contributed by atoms with Crippen LogP contribution >= 0.6 is 0 Å². The van der Waals surface area contributed by atoms with Gasteiger partial charge < -0.3 is 5.32 Å². The van der Waals surface area contributed by atoms with E-state index >= 15 is 0 Å². The third-order valence-electron chi connectivity index (χ3n) is 3.88. The van der Waals surface area contributed by atoms with Gasteiger partial charge in [-0.3, -0.25) is 14.8 Å². The van der Waals surface area contributed by atoms with Gasteiger partial charge in [0.2, 0.25) is 0 Å². The Morgan fingerprint density at radius 2 is 1.92 bits per heavy atom. The maximum absolute atomic E-state index is 12.4. The van der Waals surface area contributed by atoms with Crippen molar-refractivity contribution < 1.29 is 4.79 Å². The Morgan fingerprint density at radius 1 is 1.04 bits per heavy atom. The fourth-order valence-electron chi connectivity index (χ4n) is 2.79. The predicted octanol–water partition coefficient (Wildman–Crippen LogP) is 3.74. The molecule has 0 radical (unpaired) electrons. The largest absolute Gasteiger partial charge is 0.320 e. The van der Waals surface area contributed by atoms with Crippen molar-refractivity contribution in [1.82, 2.24) is 15.0 Å². The lowest BCUT2D eigenvalue weighted by molar-refractivity contribution is 0.102. The minimum atomic E-state index is -0.289. The van der Waals surface area contributed by atoms with Gasteiger partial charge in [-0.15, -0.1) is 0 Å². The summed E-state index contributed by atoms with van der Waals surface area (Å²) >= 11 is 0. The standard InChI is InChI=1S/C19H14N4O/c1-12-10-16(23-19(24)17-11-20-8-9-21-17)15-7-6-13-4-2-3-5-14(13)18(15)22-12/h2-11H,1H3,(H,22,23,24). The normalized spacial score (nSPS) is 10.9. The van der Waals surface area contributed by atoms with Crippen molar-refractivity contribution in [2.45, 2.75) is 6.92 Å². The topological polar surface area (TPSA) is 67.8 Å². The molecule has 0 saturated heterocycles. The summed E-state index contributed by atoms with van der Waals surface area (Å²) in [7, 11) is 0. The van der Waals surface area contributed by atoms with Crippen LogP contribution in [0.5, 0.6) is 0 Å². The van der Waals surface area contributed by atoms with Crippen molar-refractivity contribution >= 4 is 33.3 Å². The molecular formula is C19H14N4O. The zero-order valence-corrected chi connectivity index (χ0v) is 13.0. The van der Waals surface area contributed by atoms with Crippen LogP contribution in [0.2, 0.25) is 0 Å². The van der Waals surface area contributed by atoms with Crippen LogP contribution in [0, 0.1) is 6.92 Å². The van der Waals surface area contributed by atoms with E-state index in [2.05, 4.69) is 26.3 Å². The molecule has 24 heavy (non-hydrogen) atoms. The molecule has 116 valence electrons. The molecule has 5 nitrogen and oxygen atoms in total. The van der Waals surface area contributed by atoms with Gasteiger partial charge in [-0.1, -0.05) is 36.4 Å². The Hall–Kier alpha value is -3.34. The van der Waals surface area contributed by atoms with Crippen LogP contribution in [0.15, 0.2) is 61.1 Å². The molecule has 2 aromatic heterocycles. The van der Waals surface area contributed by atoms with Crippen molar-refractivity contribution in [3.8, 4) is 0 Å². The number of carbonyl (C=O) groups excluding carboxylic acids is 1.